The molecule has 10 heteroatoms. The second-order valence-electron chi connectivity index (χ2n) is 7.12. The first-order chi connectivity index (χ1) is 13.2. The van der Waals surface area contributed by atoms with Crippen LogP contribution in [0.25, 0.3) is 0 Å². The first-order valence-corrected chi connectivity index (χ1v) is 10.8. The zero-order valence-corrected chi connectivity index (χ0v) is 16.8. The fourth-order valence-electron chi connectivity index (χ4n) is 4.14. The van der Waals surface area contributed by atoms with Crippen molar-refractivity contribution in [3.8, 4) is 5.88 Å². The van der Waals surface area contributed by atoms with Gasteiger partial charge >= 0.3 is 51.4 Å². The molecule has 0 atom stereocenters. The molecule has 2 aromatic rings. The molecule has 0 saturated carbocycles. The number of fused-ring (bicyclic) bond motifs is 2. The van der Waals surface area contributed by atoms with Gasteiger partial charge in [0.2, 0.25) is 5.88 Å². The van der Waals surface area contributed by atoms with E-state index >= 15 is 0 Å². The summed E-state index contributed by atoms with van der Waals surface area (Å²) in [6, 6.07) is 1.56. The molecule has 2 aliphatic rings. The van der Waals surface area contributed by atoms with Crippen LogP contribution in [0.1, 0.15) is 46.0 Å². The Kier molecular flexibility index (Phi) is 6.49. The number of benzene rings is 1. The second kappa shape index (κ2) is 8.16. The molecule has 0 amide bonds. The van der Waals surface area contributed by atoms with Crippen LogP contribution in [0.4, 0.5) is 0 Å². The van der Waals surface area contributed by atoms with Crippen LogP contribution < -0.4 is 0 Å². The van der Waals surface area contributed by atoms with Crippen LogP contribution in [0, 0.1) is 13.8 Å². The van der Waals surface area contributed by atoms with Gasteiger partial charge in [0.25, 0.3) is 0 Å². The Morgan fingerprint density at radius 2 is 1.93 bits per heavy atom. The molecule has 1 spiro atoms. The van der Waals surface area contributed by atoms with Crippen molar-refractivity contribution in [3.63, 3.8) is 0 Å². The van der Waals surface area contributed by atoms with Crippen molar-refractivity contribution in [1.82, 2.24) is 9.78 Å². The number of rotatable bonds is 3. The Labute approximate surface area is 211 Å². The maximum absolute atomic E-state index is 13.2. The fourth-order valence-corrected chi connectivity index (χ4v) is 6.05. The van der Waals surface area contributed by atoms with Gasteiger partial charge in [-0.15, -0.1) is 0 Å². The van der Waals surface area contributed by atoms with Crippen molar-refractivity contribution >= 4 is 67.0 Å². The number of hydrogen-bond acceptors (Lipinski definition) is 7. The van der Waals surface area contributed by atoms with E-state index in [0.717, 1.165) is 0 Å². The number of nitrogens with zero attached hydrogens (tertiary/aromatic N) is 2. The van der Waals surface area contributed by atoms with Crippen molar-refractivity contribution in [1.29, 1.82) is 0 Å². The predicted octanol–water partition coefficient (Wildman–Crippen LogP) is 1.18. The molecule has 3 heterocycles. The Bertz CT molecular complexity index is 1090. The van der Waals surface area contributed by atoms with Gasteiger partial charge in [-0.25, -0.2) is 13.1 Å². The summed E-state index contributed by atoms with van der Waals surface area (Å²) in [7, 11) is -3.51. The number of carbonyl (C=O) groups excluding carboxylic acids is 1. The summed E-state index contributed by atoms with van der Waals surface area (Å²) in [5.41, 5.74) is 1.73. The third-order valence-electron chi connectivity index (χ3n) is 5.47. The average Bonchev–Trinajstić information content (AvgIpc) is 3.27. The van der Waals surface area contributed by atoms with Crippen LogP contribution in [-0.4, -0.2) is 99.4 Å². The van der Waals surface area contributed by atoms with E-state index in [9.17, 15) is 18.3 Å². The molecule has 152 valence electrons. The van der Waals surface area contributed by atoms with E-state index in [-0.39, 0.29) is 79.9 Å². The van der Waals surface area contributed by atoms with Crippen molar-refractivity contribution in [3.05, 3.63) is 40.1 Å². The minimum absolute atomic E-state index is 0. The van der Waals surface area contributed by atoms with Crippen LogP contribution in [0.5, 0.6) is 5.88 Å². The van der Waals surface area contributed by atoms with E-state index in [0.29, 0.717) is 42.0 Å². The summed E-state index contributed by atoms with van der Waals surface area (Å²) in [6.45, 7) is 6.31. The quantitative estimate of drug-likeness (QED) is 0.557. The van der Waals surface area contributed by atoms with E-state index < -0.39 is 21.4 Å². The second-order valence-corrected chi connectivity index (χ2v) is 9.16. The number of carbonyl (C=O) groups is 1. The summed E-state index contributed by atoms with van der Waals surface area (Å²) in [6.07, 6.45) is 1.50. The molecule has 0 radical (unpaired) electrons. The molecule has 1 aromatic heterocycles. The molecule has 29 heavy (non-hydrogen) atoms. The molecule has 1 aromatic carbocycles. The van der Waals surface area contributed by atoms with Gasteiger partial charge in [0, 0.05) is 24.1 Å². The summed E-state index contributed by atoms with van der Waals surface area (Å²) in [4.78, 5) is 13.4. The molecule has 2 aliphatic heterocycles. The number of ether oxygens (including phenoxy) is 2. The zero-order chi connectivity index (χ0) is 20.3. The van der Waals surface area contributed by atoms with Gasteiger partial charge < -0.3 is 14.6 Å². The predicted molar refractivity (Wildman–Crippen MR) is 106 cm³/mol. The number of sulfone groups is 1. The van der Waals surface area contributed by atoms with Gasteiger partial charge in [0.15, 0.2) is 21.4 Å². The molecule has 1 fully saturated rings. The normalized spacial score (nSPS) is 19.0. The van der Waals surface area contributed by atoms with Gasteiger partial charge in [0.05, 0.1) is 30.1 Å². The van der Waals surface area contributed by atoms with Crippen molar-refractivity contribution < 1.29 is 27.8 Å². The van der Waals surface area contributed by atoms with E-state index in [1.165, 1.54) is 10.9 Å². The van der Waals surface area contributed by atoms with Crippen LogP contribution in [-0.2, 0) is 31.6 Å². The third kappa shape index (κ3) is 3.57. The third-order valence-corrected chi connectivity index (χ3v) is 7.36. The number of hydrogen-bond donors (Lipinski definition) is 1. The van der Waals surface area contributed by atoms with Crippen molar-refractivity contribution in [2.75, 3.05) is 19.0 Å². The number of ketones is 1. The maximum atomic E-state index is 13.2. The van der Waals surface area contributed by atoms with Crippen LogP contribution in [0.15, 0.2) is 17.2 Å². The molecule has 0 bridgehead atoms. The summed E-state index contributed by atoms with van der Waals surface area (Å²) < 4.78 is 38.6. The Morgan fingerprint density at radius 1 is 1.28 bits per heavy atom. The van der Waals surface area contributed by atoms with E-state index in [1.807, 2.05) is 0 Å². The van der Waals surface area contributed by atoms with Gasteiger partial charge in [-0.1, -0.05) is 0 Å². The molecule has 0 unspecified atom stereocenters. The Hall–Kier alpha value is -0.594. The summed E-state index contributed by atoms with van der Waals surface area (Å²) in [5, 5.41) is 14.3. The van der Waals surface area contributed by atoms with Gasteiger partial charge in [-0.3, -0.25) is 4.79 Å². The topological polar surface area (TPSA) is 108 Å². The number of aromatic nitrogens is 2. The van der Waals surface area contributed by atoms with Crippen LogP contribution in [0.3, 0.4) is 0 Å². The molecule has 1 N–H and O–H groups in total. The number of aromatic hydroxyl groups is 1. The fraction of sp³-hybridized carbons (Fsp3) is 0.474. The minimum atomic E-state index is -3.51. The molecular weight excluding hydrogens is 423 g/mol. The molecule has 4 rings (SSSR count). The summed E-state index contributed by atoms with van der Waals surface area (Å²) >= 11 is 0. The summed E-state index contributed by atoms with van der Waals surface area (Å²) in [5.74, 6) is -1.85. The van der Waals surface area contributed by atoms with Crippen LogP contribution >= 0.6 is 0 Å². The molecular formula is C19H23KN2O6S. The van der Waals surface area contributed by atoms with E-state index in [2.05, 4.69) is 5.10 Å². The van der Waals surface area contributed by atoms with E-state index in [4.69, 9.17) is 9.47 Å². The van der Waals surface area contributed by atoms with Gasteiger partial charge in [-0.2, -0.15) is 5.10 Å². The average molecular weight is 447 g/mol. The SMILES string of the molecule is CCn1ncc(C(=O)c2cc(C)c3c(c2C)C2(CCS3(=O)=O)OCCO2)c1O.[KH]. The Morgan fingerprint density at radius 3 is 2.52 bits per heavy atom. The molecule has 0 aliphatic carbocycles. The monoisotopic (exact) mass is 446 g/mol. The van der Waals surface area contributed by atoms with Crippen molar-refractivity contribution in [2.24, 2.45) is 0 Å². The Balaban J connectivity index is 0.00000240. The van der Waals surface area contributed by atoms with Gasteiger partial charge in [-0.05, 0) is 38.0 Å². The van der Waals surface area contributed by atoms with E-state index in [1.54, 1.807) is 26.8 Å². The molecule has 8 nitrogen and oxygen atoms in total. The van der Waals surface area contributed by atoms with Crippen LogP contribution in [0.2, 0.25) is 0 Å². The first-order valence-electron chi connectivity index (χ1n) is 9.16. The number of aryl methyl sites for hydroxylation is 2. The standard InChI is InChI=1S/C19H22N2O6S.K.H/c1-4-21-18(23)14(10-20-21)16(22)13-9-11(2)17-15(12(13)3)19(26-6-7-27-19)5-8-28(17,24)25;;/h9-10,23H,4-8H2,1-3H3;;. The van der Waals surface area contributed by atoms with Crippen molar-refractivity contribution in [2.45, 2.75) is 44.4 Å². The zero-order valence-electron chi connectivity index (χ0n) is 16.0. The molecule has 1 saturated heterocycles. The first kappa shape index (κ1) is 23.1. The van der Waals surface area contributed by atoms with Gasteiger partial charge in [0.1, 0.15) is 5.56 Å².